The first-order chi connectivity index (χ1) is 15.4. The third kappa shape index (κ3) is 3.47. The number of rotatable bonds is 4. The number of halogens is 4. The Morgan fingerprint density at radius 2 is 1.79 bits per heavy atom. The minimum atomic E-state index is -4.48. The quantitative estimate of drug-likeness (QED) is 0.707. The van der Waals surface area contributed by atoms with E-state index in [0.717, 1.165) is 17.0 Å². The molecule has 6 nitrogen and oxygen atoms in total. The summed E-state index contributed by atoms with van der Waals surface area (Å²) in [6, 6.07) is 4.69. The van der Waals surface area contributed by atoms with E-state index in [4.69, 9.17) is 0 Å². The summed E-state index contributed by atoms with van der Waals surface area (Å²) in [6.45, 7) is 1.16. The van der Waals surface area contributed by atoms with Crippen molar-refractivity contribution in [2.75, 3.05) is 11.4 Å². The molecule has 6 rings (SSSR count). The number of benzene rings is 1. The zero-order valence-electron chi connectivity index (χ0n) is 17.7. The zero-order chi connectivity index (χ0) is 23.8. The lowest BCUT2D eigenvalue weighted by atomic mass is 9.38. The van der Waals surface area contributed by atoms with Crippen molar-refractivity contribution in [1.82, 2.24) is 9.88 Å². The van der Waals surface area contributed by atoms with Gasteiger partial charge in [-0.15, -0.1) is 0 Å². The third-order valence-corrected chi connectivity index (χ3v) is 6.90. The molecular formula is C23H21F4N3O3. The van der Waals surface area contributed by atoms with E-state index in [2.05, 4.69) is 4.98 Å². The van der Waals surface area contributed by atoms with E-state index in [0.29, 0.717) is 30.4 Å². The number of hydrogen-bond acceptors (Lipinski definition) is 4. The number of aryl methyl sites for hydroxylation is 1. The van der Waals surface area contributed by atoms with E-state index in [1.165, 1.54) is 29.3 Å². The number of aromatic nitrogens is 1. The molecule has 1 aliphatic heterocycles. The molecule has 174 valence electrons. The molecule has 10 heteroatoms. The highest BCUT2D eigenvalue weighted by Gasteiger charge is 2.73. The molecule has 1 atom stereocenters. The lowest BCUT2D eigenvalue weighted by Gasteiger charge is -2.71. The Labute approximate surface area is 186 Å². The van der Waals surface area contributed by atoms with Crippen LogP contribution < -0.4 is 4.90 Å². The average Bonchev–Trinajstić information content (AvgIpc) is 2.68. The average molecular weight is 463 g/mol. The van der Waals surface area contributed by atoms with Crippen LogP contribution in [0.3, 0.4) is 0 Å². The van der Waals surface area contributed by atoms with Crippen molar-refractivity contribution in [2.45, 2.75) is 50.6 Å². The number of anilines is 1. The van der Waals surface area contributed by atoms with Crippen LogP contribution in [-0.4, -0.2) is 45.0 Å². The van der Waals surface area contributed by atoms with Gasteiger partial charge in [-0.1, -0.05) is 12.1 Å². The van der Waals surface area contributed by atoms with Crippen molar-refractivity contribution in [3.8, 4) is 0 Å². The number of pyridine rings is 1. The predicted octanol–water partition coefficient (Wildman–Crippen LogP) is 3.21. The van der Waals surface area contributed by atoms with Gasteiger partial charge in [0, 0.05) is 18.2 Å². The Morgan fingerprint density at radius 1 is 1.15 bits per heavy atom. The fourth-order valence-electron chi connectivity index (χ4n) is 5.50. The summed E-state index contributed by atoms with van der Waals surface area (Å²) < 4.78 is 53.3. The van der Waals surface area contributed by atoms with Gasteiger partial charge in [-0.05, 0) is 55.5 Å². The van der Waals surface area contributed by atoms with Gasteiger partial charge in [0.15, 0.2) is 11.6 Å². The number of alkyl halides is 3. The van der Waals surface area contributed by atoms with Crippen LogP contribution in [0.25, 0.3) is 0 Å². The van der Waals surface area contributed by atoms with Crippen LogP contribution in [0.4, 0.5) is 23.4 Å². The Morgan fingerprint density at radius 3 is 2.33 bits per heavy atom. The van der Waals surface area contributed by atoms with Crippen molar-refractivity contribution in [2.24, 2.45) is 5.41 Å². The van der Waals surface area contributed by atoms with E-state index in [9.17, 15) is 32.3 Å². The smallest absolute Gasteiger partial charge is 0.390 e. The largest absolute Gasteiger partial charge is 0.416 e. The molecule has 4 aliphatic rings. The number of hydrogen-bond donors (Lipinski definition) is 1. The number of amides is 2. The summed E-state index contributed by atoms with van der Waals surface area (Å²) in [5.74, 6) is -1.91. The molecule has 1 aromatic heterocycles. The van der Waals surface area contributed by atoms with Crippen molar-refractivity contribution >= 4 is 17.6 Å². The monoisotopic (exact) mass is 463 g/mol. The molecule has 3 aliphatic carbocycles. The van der Waals surface area contributed by atoms with Gasteiger partial charge < -0.3 is 10.0 Å². The Kier molecular flexibility index (Phi) is 4.62. The molecule has 1 N–H and O–H groups in total. The molecule has 4 fully saturated rings. The molecule has 2 amide bonds. The second-order valence-corrected chi connectivity index (χ2v) is 9.48. The van der Waals surface area contributed by atoms with Gasteiger partial charge in [-0.25, -0.2) is 9.37 Å². The highest BCUT2D eigenvalue weighted by atomic mass is 19.4. The van der Waals surface area contributed by atoms with Crippen LogP contribution in [0.1, 0.15) is 36.0 Å². The predicted molar refractivity (Wildman–Crippen MR) is 108 cm³/mol. The van der Waals surface area contributed by atoms with Gasteiger partial charge in [-0.2, -0.15) is 13.2 Å². The van der Waals surface area contributed by atoms with Crippen LogP contribution in [0.2, 0.25) is 0 Å². The van der Waals surface area contributed by atoms with Gasteiger partial charge in [0.05, 0.1) is 11.2 Å². The van der Waals surface area contributed by atoms with Gasteiger partial charge in [-0.3, -0.25) is 14.5 Å². The summed E-state index contributed by atoms with van der Waals surface area (Å²) in [5, 5.41) is 10.3. The minimum Gasteiger partial charge on any atom is -0.390 e. The summed E-state index contributed by atoms with van der Waals surface area (Å²) in [6.07, 6.45) is -2.06. The standard InChI is InChI=1S/C23H21F4N3O3/c1-13-6-16(24)19(28-7-13)30-9-17(31)29(8-14-2-4-15(5-3-14)23(25,26)27)18(20(30)32)21-10-22(33,11-21)12-21/h2-7,18,33H,8-12H2,1H3/t18-,21?,22?/m1/s1. The SMILES string of the molecule is Cc1cnc(N2CC(=O)N(Cc3ccc(C(F)(F)F)cc3)[C@@H](C34CC(O)(C3)C4)C2=O)c(F)c1. The van der Waals surface area contributed by atoms with Gasteiger partial charge in [0.1, 0.15) is 12.6 Å². The fraction of sp³-hybridized carbons (Fsp3) is 0.435. The van der Waals surface area contributed by atoms with E-state index >= 15 is 0 Å². The lowest BCUT2D eigenvalue weighted by molar-refractivity contribution is -0.280. The van der Waals surface area contributed by atoms with Crippen molar-refractivity contribution in [1.29, 1.82) is 0 Å². The van der Waals surface area contributed by atoms with Gasteiger partial charge in [0.2, 0.25) is 5.91 Å². The maximum Gasteiger partial charge on any atom is 0.416 e. The molecule has 1 aromatic carbocycles. The molecular weight excluding hydrogens is 442 g/mol. The Hall–Kier alpha value is -3.01. The van der Waals surface area contributed by atoms with E-state index in [1.54, 1.807) is 6.92 Å². The molecule has 33 heavy (non-hydrogen) atoms. The minimum absolute atomic E-state index is 0.0643. The zero-order valence-corrected chi connectivity index (χ0v) is 17.7. The Balaban J connectivity index is 1.46. The van der Waals surface area contributed by atoms with Crippen LogP contribution in [0.5, 0.6) is 0 Å². The van der Waals surface area contributed by atoms with Gasteiger partial charge in [0.25, 0.3) is 5.91 Å². The normalized spacial score (nSPS) is 29.1. The number of aliphatic hydroxyl groups is 1. The van der Waals surface area contributed by atoms with Crippen molar-refractivity contribution in [3.63, 3.8) is 0 Å². The molecule has 1 saturated heterocycles. The summed E-state index contributed by atoms with van der Waals surface area (Å²) in [4.78, 5) is 33.1. The van der Waals surface area contributed by atoms with Crippen LogP contribution in [0.15, 0.2) is 36.5 Å². The molecule has 2 aromatic rings. The highest BCUT2D eigenvalue weighted by Crippen LogP contribution is 2.70. The second-order valence-electron chi connectivity index (χ2n) is 9.48. The van der Waals surface area contributed by atoms with Crippen molar-refractivity contribution < 1.29 is 32.3 Å². The van der Waals surface area contributed by atoms with E-state index < -0.39 is 53.0 Å². The number of carbonyl (C=O) groups excluding carboxylic acids is 2. The summed E-state index contributed by atoms with van der Waals surface area (Å²) in [7, 11) is 0. The lowest BCUT2D eigenvalue weighted by Crippen LogP contribution is -2.78. The first-order valence-corrected chi connectivity index (χ1v) is 10.5. The maximum absolute atomic E-state index is 14.6. The summed E-state index contributed by atoms with van der Waals surface area (Å²) in [5.41, 5.74) is -1.29. The Bertz CT molecular complexity index is 1130. The maximum atomic E-state index is 14.6. The molecule has 0 radical (unpaired) electrons. The van der Waals surface area contributed by atoms with Crippen LogP contribution in [0, 0.1) is 18.2 Å². The number of piperazine rings is 1. The fourth-order valence-corrected chi connectivity index (χ4v) is 5.50. The molecule has 0 unspecified atom stereocenters. The summed E-state index contributed by atoms with van der Waals surface area (Å²) >= 11 is 0. The van der Waals surface area contributed by atoms with E-state index in [1.807, 2.05) is 0 Å². The number of nitrogens with zero attached hydrogens (tertiary/aromatic N) is 3. The first-order valence-electron chi connectivity index (χ1n) is 10.5. The third-order valence-electron chi connectivity index (χ3n) is 6.90. The first kappa shape index (κ1) is 21.8. The van der Waals surface area contributed by atoms with E-state index in [-0.39, 0.29) is 12.4 Å². The molecule has 2 bridgehead atoms. The highest BCUT2D eigenvalue weighted by molar-refractivity contribution is 6.06. The van der Waals surface area contributed by atoms with Crippen LogP contribution >= 0.6 is 0 Å². The molecule has 2 heterocycles. The molecule has 0 spiro atoms. The molecule has 3 saturated carbocycles. The van der Waals surface area contributed by atoms with Crippen LogP contribution in [-0.2, 0) is 22.3 Å². The second kappa shape index (κ2) is 6.99. The topological polar surface area (TPSA) is 73.7 Å². The van der Waals surface area contributed by atoms with Gasteiger partial charge >= 0.3 is 6.18 Å². The number of carbonyl (C=O) groups is 2. The van der Waals surface area contributed by atoms with Crippen molar-refractivity contribution in [3.05, 3.63) is 59.0 Å².